The van der Waals surface area contributed by atoms with Gasteiger partial charge >= 0.3 is 0 Å². The van der Waals surface area contributed by atoms with Crippen LogP contribution in [0.4, 0.5) is 0 Å². The first-order chi connectivity index (χ1) is 12.4. The normalized spacial score (nSPS) is 18.2. The Hall–Kier alpha value is -1.88. The van der Waals surface area contributed by atoms with Crippen molar-refractivity contribution < 1.29 is 19.3 Å². The molecule has 0 spiro atoms. The van der Waals surface area contributed by atoms with E-state index in [1.54, 1.807) is 6.92 Å². The number of hydrogen-bond acceptors (Lipinski definition) is 4. The summed E-state index contributed by atoms with van der Waals surface area (Å²) in [6.45, 7) is 6.97. The van der Waals surface area contributed by atoms with Crippen LogP contribution in [0, 0.1) is 0 Å². The second kappa shape index (κ2) is 8.21. The van der Waals surface area contributed by atoms with E-state index in [0.29, 0.717) is 6.61 Å². The Balaban J connectivity index is 1.58. The summed E-state index contributed by atoms with van der Waals surface area (Å²) in [5.41, 5.74) is 3.27. The highest BCUT2D eigenvalue weighted by Crippen LogP contribution is 2.30. The van der Waals surface area contributed by atoms with Crippen LogP contribution in [0.25, 0.3) is 0 Å². The van der Waals surface area contributed by atoms with Crippen LogP contribution < -0.4 is 4.74 Å². The first kappa shape index (κ1) is 18.9. The first-order valence-corrected chi connectivity index (χ1v) is 9.21. The lowest BCUT2D eigenvalue weighted by molar-refractivity contribution is -0.261. The maximum atomic E-state index is 9.27. The van der Waals surface area contributed by atoms with E-state index < -0.39 is 6.10 Å². The summed E-state index contributed by atoms with van der Waals surface area (Å²) >= 11 is 0. The zero-order valence-electron chi connectivity index (χ0n) is 15.8. The molecule has 1 saturated heterocycles. The third kappa shape index (κ3) is 5.07. The van der Waals surface area contributed by atoms with Crippen molar-refractivity contribution in [3.63, 3.8) is 0 Å². The van der Waals surface area contributed by atoms with Crippen LogP contribution in [0.1, 0.15) is 43.9 Å². The van der Waals surface area contributed by atoms with Crippen LogP contribution in [0.2, 0.25) is 0 Å². The number of rotatable bonds is 8. The van der Waals surface area contributed by atoms with E-state index >= 15 is 0 Å². The van der Waals surface area contributed by atoms with E-state index in [4.69, 9.17) is 14.2 Å². The molecular weight excluding hydrogens is 328 g/mol. The monoisotopic (exact) mass is 356 g/mol. The zero-order valence-corrected chi connectivity index (χ0v) is 15.8. The van der Waals surface area contributed by atoms with E-state index in [2.05, 4.69) is 50.2 Å². The van der Waals surface area contributed by atoms with Crippen molar-refractivity contribution in [3.05, 3.63) is 65.2 Å². The molecule has 140 valence electrons. The molecule has 1 aliphatic rings. The molecule has 0 amide bonds. The van der Waals surface area contributed by atoms with E-state index in [0.717, 1.165) is 30.8 Å². The molecule has 2 unspecified atom stereocenters. The number of benzene rings is 2. The largest absolute Gasteiger partial charge is 0.491 e. The molecule has 2 atom stereocenters. The van der Waals surface area contributed by atoms with Gasteiger partial charge in [-0.25, -0.2) is 0 Å². The van der Waals surface area contributed by atoms with Gasteiger partial charge in [0.15, 0.2) is 6.29 Å². The van der Waals surface area contributed by atoms with Gasteiger partial charge in [-0.05, 0) is 56.0 Å². The molecule has 0 aromatic heterocycles. The molecule has 0 aliphatic carbocycles. The zero-order chi connectivity index (χ0) is 18.6. The smallest absolute Gasteiger partial charge is 0.160 e. The summed E-state index contributed by atoms with van der Waals surface area (Å²) in [7, 11) is 0. The average Bonchev–Trinajstić information content (AvgIpc) is 2.58. The number of aliphatic hydroxyl groups excluding tert-OH is 1. The van der Waals surface area contributed by atoms with Crippen molar-refractivity contribution in [2.24, 2.45) is 0 Å². The van der Waals surface area contributed by atoms with Crippen LogP contribution in [0.15, 0.2) is 48.5 Å². The van der Waals surface area contributed by atoms with Gasteiger partial charge in [0.1, 0.15) is 12.4 Å². The fourth-order valence-electron chi connectivity index (χ4n) is 2.88. The van der Waals surface area contributed by atoms with Gasteiger partial charge < -0.3 is 19.3 Å². The third-order valence-corrected chi connectivity index (χ3v) is 4.56. The molecule has 1 fully saturated rings. The second-order valence-electron chi connectivity index (χ2n) is 7.39. The average molecular weight is 356 g/mol. The highest BCUT2D eigenvalue weighted by molar-refractivity contribution is 5.33. The van der Waals surface area contributed by atoms with E-state index in [9.17, 15) is 5.11 Å². The second-order valence-corrected chi connectivity index (χ2v) is 7.39. The maximum absolute atomic E-state index is 9.27. The van der Waals surface area contributed by atoms with Crippen LogP contribution in [-0.4, -0.2) is 30.7 Å². The third-order valence-electron chi connectivity index (χ3n) is 4.56. The quantitative estimate of drug-likeness (QED) is 0.776. The summed E-state index contributed by atoms with van der Waals surface area (Å²) in [4.78, 5) is 0. The minimum atomic E-state index is -0.461. The minimum absolute atomic E-state index is 0.0702. The topological polar surface area (TPSA) is 47.9 Å². The lowest BCUT2D eigenvalue weighted by Crippen LogP contribution is -2.37. The van der Waals surface area contributed by atoms with Gasteiger partial charge in [-0.1, -0.05) is 36.4 Å². The molecule has 0 radical (unpaired) electrons. The Morgan fingerprint density at radius 3 is 2.15 bits per heavy atom. The maximum Gasteiger partial charge on any atom is 0.160 e. The van der Waals surface area contributed by atoms with E-state index in [1.807, 2.05) is 12.1 Å². The predicted octanol–water partition coefficient (Wildman–Crippen LogP) is 4.04. The van der Waals surface area contributed by atoms with E-state index in [-0.39, 0.29) is 11.9 Å². The SMILES string of the molecule is CC(O)COc1ccc(Cc2ccc(C(C)(C)OC3CCO3)cc2)cc1. The molecule has 26 heavy (non-hydrogen) atoms. The fraction of sp³-hybridized carbons (Fsp3) is 0.455. The molecule has 2 aromatic carbocycles. The van der Waals surface area contributed by atoms with Crippen LogP contribution in [-0.2, 0) is 21.5 Å². The molecule has 4 heteroatoms. The van der Waals surface area contributed by atoms with Crippen molar-refractivity contribution in [1.82, 2.24) is 0 Å². The molecule has 1 heterocycles. The standard InChI is InChI=1S/C22H28O4/c1-16(23)15-25-20-10-6-18(7-11-20)14-17-4-8-19(9-5-17)22(2,3)26-21-12-13-24-21/h4-11,16,21,23H,12-15H2,1-3H3. The van der Waals surface area contributed by atoms with Gasteiger partial charge in [0, 0.05) is 6.42 Å². The highest BCUT2D eigenvalue weighted by atomic mass is 16.7. The number of ether oxygens (including phenoxy) is 3. The summed E-state index contributed by atoms with van der Waals surface area (Å²) < 4.78 is 16.9. The van der Waals surface area contributed by atoms with Crippen LogP contribution in [0.5, 0.6) is 5.75 Å². The first-order valence-electron chi connectivity index (χ1n) is 9.21. The van der Waals surface area contributed by atoms with Gasteiger partial charge in [0.05, 0.1) is 18.3 Å². The van der Waals surface area contributed by atoms with Gasteiger partial charge in [0.25, 0.3) is 0 Å². The summed E-state index contributed by atoms with van der Waals surface area (Å²) in [5, 5.41) is 9.27. The summed E-state index contributed by atoms with van der Waals surface area (Å²) in [5.74, 6) is 0.780. The van der Waals surface area contributed by atoms with Crippen molar-refractivity contribution in [1.29, 1.82) is 0 Å². The van der Waals surface area contributed by atoms with Crippen LogP contribution >= 0.6 is 0 Å². The molecule has 1 N–H and O–H groups in total. The lowest BCUT2D eigenvalue weighted by atomic mass is 9.95. The van der Waals surface area contributed by atoms with Crippen molar-refractivity contribution in [2.75, 3.05) is 13.2 Å². The van der Waals surface area contributed by atoms with Crippen molar-refractivity contribution >= 4 is 0 Å². The molecule has 0 saturated carbocycles. The van der Waals surface area contributed by atoms with Gasteiger partial charge in [-0.2, -0.15) is 0 Å². The van der Waals surface area contributed by atoms with Crippen LogP contribution in [0.3, 0.4) is 0 Å². The summed E-state index contributed by atoms with van der Waals surface area (Å²) in [6.07, 6.45) is 1.30. The summed E-state index contributed by atoms with van der Waals surface area (Å²) in [6, 6.07) is 16.6. The Bertz CT molecular complexity index is 685. The number of aliphatic hydroxyl groups is 1. The Morgan fingerprint density at radius 1 is 1.08 bits per heavy atom. The number of hydrogen-bond donors (Lipinski definition) is 1. The highest BCUT2D eigenvalue weighted by Gasteiger charge is 2.29. The van der Waals surface area contributed by atoms with Crippen molar-refractivity contribution in [3.8, 4) is 5.75 Å². The molecular formula is C22H28O4. The minimum Gasteiger partial charge on any atom is -0.491 e. The molecule has 4 nitrogen and oxygen atoms in total. The molecule has 0 bridgehead atoms. The van der Waals surface area contributed by atoms with Gasteiger partial charge in [-0.15, -0.1) is 0 Å². The van der Waals surface area contributed by atoms with E-state index in [1.165, 1.54) is 11.1 Å². The van der Waals surface area contributed by atoms with Gasteiger partial charge in [0.2, 0.25) is 0 Å². The fourth-order valence-corrected chi connectivity index (χ4v) is 2.88. The molecule has 2 aromatic rings. The Morgan fingerprint density at radius 2 is 1.65 bits per heavy atom. The Labute approximate surface area is 155 Å². The predicted molar refractivity (Wildman–Crippen MR) is 101 cm³/mol. The molecule has 1 aliphatic heterocycles. The Kier molecular flexibility index (Phi) is 5.97. The molecule has 3 rings (SSSR count). The van der Waals surface area contributed by atoms with Gasteiger partial charge in [-0.3, -0.25) is 0 Å². The van der Waals surface area contributed by atoms with Crippen molar-refractivity contribution in [2.45, 2.75) is 51.6 Å². The lowest BCUT2D eigenvalue weighted by Gasteiger charge is -2.35.